The zero-order valence-electron chi connectivity index (χ0n) is 14.9. The third-order valence-electron chi connectivity index (χ3n) is 4.61. The Hall–Kier alpha value is -3.35. The summed E-state index contributed by atoms with van der Waals surface area (Å²) in [6.07, 6.45) is 1.49. The Kier molecular flexibility index (Phi) is 4.50. The van der Waals surface area contributed by atoms with Crippen molar-refractivity contribution in [2.45, 2.75) is 19.3 Å². The van der Waals surface area contributed by atoms with Crippen LogP contribution in [0.15, 0.2) is 47.0 Å². The smallest absolute Gasteiger partial charge is 0.230 e. The molecule has 0 atom stereocenters. The number of nitrogens with one attached hydrogen (secondary N) is 1. The number of hydrogen-bond acceptors (Lipinski definition) is 5. The number of rotatable bonds is 5. The number of para-hydroxylation sites is 1. The van der Waals surface area contributed by atoms with Gasteiger partial charge in [0.1, 0.15) is 11.4 Å². The predicted molar refractivity (Wildman–Crippen MR) is 101 cm³/mol. The standard InChI is InChI=1S/C20H19N3O4/c1-26-18-11-13(8-9-16(18)23-10-4-7-20(23)25)21-19(24)12-15-14-5-2-3-6-17(14)27-22-15/h2-3,5-6,8-9,11H,4,7,10,12H2,1H3,(H,21,24). The molecule has 7 heteroatoms. The zero-order valence-corrected chi connectivity index (χ0v) is 14.9. The summed E-state index contributed by atoms with van der Waals surface area (Å²) in [6, 6.07) is 12.7. The SMILES string of the molecule is COc1cc(NC(=O)Cc2noc3ccccc23)ccc1N1CCCC1=O. The van der Waals surface area contributed by atoms with Crippen LogP contribution in [0, 0.1) is 0 Å². The van der Waals surface area contributed by atoms with E-state index < -0.39 is 0 Å². The minimum absolute atomic E-state index is 0.0861. The lowest BCUT2D eigenvalue weighted by Crippen LogP contribution is -2.24. The molecule has 27 heavy (non-hydrogen) atoms. The first-order chi connectivity index (χ1) is 13.2. The van der Waals surface area contributed by atoms with Crippen molar-refractivity contribution in [3.8, 4) is 5.75 Å². The Bertz CT molecular complexity index is 1010. The normalized spacial score (nSPS) is 14.0. The van der Waals surface area contributed by atoms with E-state index in [1.165, 1.54) is 0 Å². The van der Waals surface area contributed by atoms with Crippen molar-refractivity contribution >= 4 is 34.2 Å². The van der Waals surface area contributed by atoms with Gasteiger partial charge in [-0.3, -0.25) is 9.59 Å². The predicted octanol–water partition coefficient (Wildman–Crippen LogP) is 3.14. The van der Waals surface area contributed by atoms with Crippen molar-refractivity contribution in [3.63, 3.8) is 0 Å². The molecule has 0 bridgehead atoms. The zero-order chi connectivity index (χ0) is 18.8. The van der Waals surface area contributed by atoms with E-state index in [2.05, 4.69) is 10.5 Å². The molecule has 138 valence electrons. The Labute approximate surface area is 155 Å². The van der Waals surface area contributed by atoms with Crippen LogP contribution in [0.5, 0.6) is 5.75 Å². The fourth-order valence-corrected chi connectivity index (χ4v) is 3.30. The number of nitrogens with zero attached hydrogens (tertiary/aromatic N) is 2. The minimum atomic E-state index is -0.207. The average molecular weight is 365 g/mol. The second-order valence-corrected chi connectivity index (χ2v) is 6.39. The number of benzene rings is 2. The number of hydrogen-bond donors (Lipinski definition) is 1. The first-order valence-electron chi connectivity index (χ1n) is 8.77. The molecule has 7 nitrogen and oxygen atoms in total. The van der Waals surface area contributed by atoms with E-state index in [1.54, 1.807) is 30.2 Å². The van der Waals surface area contributed by atoms with Crippen molar-refractivity contribution in [2.75, 3.05) is 23.9 Å². The quantitative estimate of drug-likeness (QED) is 0.751. The lowest BCUT2D eigenvalue weighted by atomic mass is 10.1. The van der Waals surface area contributed by atoms with Crippen molar-refractivity contribution in [1.29, 1.82) is 0 Å². The molecule has 1 aromatic heterocycles. The number of anilines is 2. The highest BCUT2D eigenvalue weighted by Gasteiger charge is 2.24. The Morgan fingerprint density at radius 2 is 2.15 bits per heavy atom. The lowest BCUT2D eigenvalue weighted by Gasteiger charge is -2.19. The highest BCUT2D eigenvalue weighted by molar-refractivity contribution is 5.98. The number of carbonyl (C=O) groups is 2. The van der Waals surface area contributed by atoms with E-state index in [4.69, 9.17) is 9.26 Å². The fraction of sp³-hybridized carbons (Fsp3) is 0.250. The third-order valence-corrected chi connectivity index (χ3v) is 4.61. The average Bonchev–Trinajstić information content (AvgIpc) is 3.28. The molecule has 4 rings (SSSR count). The molecule has 2 heterocycles. The number of ether oxygens (including phenoxy) is 1. The Morgan fingerprint density at radius 3 is 2.93 bits per heavy atom. The van der Waals surface area contributed by atoms with E-state index in [9.17, 15) is 9.59 Å². The summed E-state index contributed by atoms with van der Waals surface area (Å²) in [7, 11) is 1.55. The molecule has 1 saturated heterocycles. The maximum atomic E-state index is 12.4. The molecular formula is C20H19N3O4. The van der Waals surface area contributed by atoms with Crippen molar-refractivity contribution in [2.24, 2.45) is 0 Å². The van der Waals surface area contributed by atoms with Gasteiger partial charge in [-0.25, -0.2) is 0 Å². The largest absolute Gasteiger partial charge is 0.494 e. The van der Waals surface area contributed by atoms with Gasteiger partial charge < -0.3 is 19.5 Å². The molecule has 1 fully saturated rings. The molecule has 2 aromatic carbocycles. The molecular weight excluding hydrogens is 346 g/mol. The molecule has 0 aliphatic carbocycles. The van der Waals surface area contributed by atoms with Gasteiger partial charge in [0.25, 0.3) is 0 Å². The second kappa shape index (κ2) is 7.11. The van der Waals surface area contributed by atoms with Crippen molar-refractivity contribution in [1.82, 2.24) is 5.16 Å². The Morgan fingerprint density at radius 1 is 1.30 bits per heavy atom. The first kappa shape index (κ1) is 17.1. The minimum Gasteiger partial charge on any atom is -0.494 e. The molecule has 0 unspecified atom stereocenters. The lowest BCUT2D eigenvalue weighted by molar-refractivity contribution is -0.117. The van der Waals surface area contributed by atoms with E-state index in [1.807, 2.05) is 24.3 Å². The van der Waals surface area contributed by atoms with Crippen LogP contribution >= 0.6 is 0 Å². The maximum absolute atomic E-state index is 12.4. The van der Waals surface area contributed by atoms with Gasteiger partial charge in [0.05, 0.1) is 19.2 Å². The van der Waals surface area contributed by atoms with E-state index in [0.29, 0.717) is 35.7 Å². The van der Waals surface area contributed by atoms with Crippen LogP contribution in [0.4, 0.5) is 11.4 Å². The molecule has 1 aliphatic heterocycles. The number of carbonyl (C=O) groups excluding carboxylic acids is 2. The summed E-state index contributed by atoms with van der Waals surface area (Å²) in [5, 5.41) is 7.65. The molecule has 3 aromatic rings. The van der Waals surface area contributed by atoms with Crippen LogP contribution in [-0.4, -0.2) is 30.6 Å². The summed E-state index contributed by atoms with van der Waals surface area (Å²) >= 11 is 0. The summed E-state index contributed by atoms with van der Waals surface area (Å²) in [6.45, 7) is 0.681. The van der Waals surface area contributed by atoms with Crippen LogP contribution < -0.4 is 15.0 Å². The maximum Gasteiger partial charge on any atom is 0.230 e. The highest BCUT2D eigenvalue weighted by Crippen LogP contribution is 2.33. The monoisotopic (exact) mass is 365 g/mol. The second-order valence-electron chi connectivity index (χ2n) is 6.39. The summed E-state index contributed by atoms with van der Waals surface area (Å²) < 4.78 is 10.7. The van der Waals surface area contributed by atoms with Crippen LogP contribution in [0.25, 0.3) is 11.0 Å². The van der Waals surface area contributed by atoms with Gasteiger partial charge in [0, 0.05) is 30.1 Å². The number of fused-ring (bicyclic) bond motifs is 1. The molecule has 1 aliphatic rings. The van der Waals surface area contributed by atoms with E-state index in [0.717, 1.165) is 17.5 Å². The van der Waals surface area contributed by atoms with Crippen molar-refractivity contribution in [3.05, 3.63) is 48.2 Å². The van der Waals surface area contributed by atoms with E-state index >= 15 is 0 Å². The summed E-state index contributed by atoms with van der Waals surface area (Å²) in [5.41, 5.74) is 2.57. The highest BCUT2D eigenvalue weighted by atomic mass is 16.5. The Balaban J connectivity index is 1.50. The number of aromatic nitrogens is 1. The first-order valence-corrected chi connectivity index (χ1v) is 8.77. The van der Waals surface area contributed by atoms with Crippen LogP contribution in [-0.2, 0) is 16.0 Å². The summed E-state index contributed by atoms with van der Waals surface area (Å²) in [5.74, 6) is 0.430. The number of methoxy groups -OCH3 is 1. The molecule has 0 saturated carbocycles. The van der Waals surface area contributed by atoms with Crippen LogP contribution in [0.1, 0.15) is 18.5 Å². The van der Waals surface area contributed by atoms with Gasteiger partial charge in [-0.05, 0) is 30.7 Å². The van der Waals surface area contributed by atoms with Gasteiger partial charge in [-0.15, -0.1) is 0 Å². The van der Waals surface area contributed by atoms with Gasteiger partial charge in [-0.1, -0.05) is 17.3 Å². The molecule has 0 spiro atoms. The number of amides is 2. The molecule has 0 radical (unpaired) electrons. The fourth-order valence-electron chi connectivity index (χ4n) is 3.30. The van der Waals surface area contributed by atoms with Gasteiger partial charge in [0.2, 0.25) is 11.8 Å². The van der Waals surface area contributed by atoms with Crippen molar-refractivity contribution < 1.29 is 18.8 Å². The molecule has 1 N–H and O–H groups in total. The van der Waals surface area contributed by atoms with E-state index in [-0.39, 0.29) is 18.2 Å². The topological polar surface area (TPSA) is 84.7 Å². The van der Waals surface area contributed by atoms with Gasteiger partial charge >= 0.3 is 0 Å². The van der Waals surface area contributed by atoms with Crippen LogP contribution in [0.2, 0.25) is 0 Å². The van der Waals surface area contributed by atoms with Crippen LogP contribution in [0.3, 0.4) is 0 Å². The third kappa shape index (κ3) is 3.36. The molecule has 2 amide bonds. The van der Waals surface area contributed by atoms with Gasteiger partial charge in [0.15, 0.2) is 5.58 Å². The van der Waals surface area contributed by atoms with Gasteiger partial charge in [-0.2, -0.15) is 0 Å². The summed E-state index contributed by atoms with van der Waals surface area (Å²) in [4.78, 5) is 26.1.